The zero-order valence-corrected chi connectivity index (χ0v) is 15.8. The Morgan fingerprint density at radius 2 is 2.27 bits per heavy atom. The fourth-order valence-electron chi connectivity index (χ4n) is 3.76. The van der Waals surface area contributed by atoms with Crippen molar-refractivity contribution in [2.75, 3.05) is 13.2 Å². The molecule has 0 amide bonds. The van der Waals surface area contributed by atoms with Crippen molar-refractivity contribution in [3.05, 3.63) is 33.2 Å². The normalized spacial score (nSPS) is 24.7. The quantitative estimate of drug-likeness (QED) is 0.454. The topological polar surface area (TPSA) is 90.6 Å². The molecule has 0 radical (unpaired) electrons. The van der Waals surface area contributed by atoms with Gasteiger partial charge >= 0.3 is 5.97 Å². The second kappa shape index (κ2) is 6.69. The molecule has 0 N–H and O–H groups in total. The summed E-state index contributed by atoms with van der Waals surface area (Å²) < 4.78 is 6.46. The van der Waals surface area contributed by atoms with Crippen LogP contribution < -0.4 is 5.56 Å². The molecule has 2 atom stereocenters. The minimum atomic E-state index is -1.24. The lowest BCUT2D eigenvalue weighted by molar-refractivity contribution is -0.410. The first kappa shape index (κ1) is 18.9. The summed E-state index contributed by atoms with van der Waals surface area (Å²) >= 11 is 6.23. The van der Waals surface area contributed by atoms with Gasteiger partial charge in [-0.15, -0.1) is 11.6 Å². The molecule has 1 aromatic rings. The molecule has 3 rings (SSSR count). The molecular weight excluding hydrogens is 360 g/mol. The number of esters is 1. The van der Waals surface area contributed by atoms with Crippen LogP contribution in [0.3, 0.4) is 0 Å². The predicted octanol–water partition coefficient (Wildman–Crippen LogP) is 2.54. The number of nitriles is 1. The average Bonchev–Trinajstić information content (AvgIpc) is 2.91. The van der Waals surface area contributed by atoms with Crippen molar-refractivity contribution in [3.63, 3.8) is 0 Å². The maximum Gasteiger partial charge on any atom is 0.328 e. The van der Waals surface area contributed by atoms with Gasteiger partial charge in [-0.05, 0) is 24.8 Å². The molecule has 1 aromatic heterocycles. The number of pyridine rings is 1. The molecule has 0 aliphatic carbocycles. The van der Waals surface area contributed by atoms with Crippen molar-refractivity contribution in [1.29, 1.82) is 5.26 Å². The molecule has 0 bridgehead atoms. The number of rotatable bonds is 3. The molecule has 1 spiro atoms. The molecule has 26 heavy (non-hydrogen) atoms. The Labute approximate surface area is 156 Å². The summed E-state index contributed by atoms with van der Waals surface area (Å²) in [6.07, 6.45) is 1.20. The van der Waals surface area contributed by atoms with Gasteiger partial charge in [-0.3, -0.25) is 9.59 Å². The van der Waals surface area contributed by atoms with Gasteiger partial charge in [0.15, 0.2) is 5.38 Å². The Morgan fingerprint density at radius 3 is 2.88 bits per heavy atom. The van der Waals surface area contributed by atoms with Crippen LogP contribution in [0.1, 0.15) is 55.8 Å². The molecule has 2 aliphatic heterocycles. The lowest BCUT2D eigenvalue weighted by Crippen LogP contribution is -2.42. The van der Waals surface area contributed by atoms with Crippen molar-refractivity contribution < 1.29 is 19.3 Å². The van der Waals surface area contributed by atoms with Crippen molar-refractivity contribution >= 4 is 17.6 Å². The third-order valence-corrected chi connectivity index (χ3v) is 5.26. The summed E-state index contributed by atoms with van der Waals surface area (Å²) in [4.78, 5) is 35.9. The summed E-state index contributed by atoms with van der Waals surface area (Å²) in [5.41, 5.74) is -0.821. The molecule has 1 saturated heterocycles. The number of carbonyl (C=O) groups is 1. The fraction of sp³-hybridized carbons (Fsp3) is 0.611. The van der Waals surface area contributed by atoms with Gasteiger partial charge in [0, 0.05) is 18.5 Å². The monoisotopic (exact) mass is 380 g/mol. The van der Waals surface area contributed by atoms with E-state index in [-0.39, 0.29) is 23.1 Å². The first-order chi connectivity index (χ1) is 12.2. The minimum Gasteiger partial charge on any atom is -0.465 e. The van der Waals surface area contributed by atoms with Gasteiger partial charge in [-0.2, -0.15) is 5.26 Å². The Hall–Kier alpha value is -1.88. The molecule has 7 nitrogen and oxygen atoms in total. The Bertz CT molecular complexity index is 841. The summed E-state index contributed by atoms with van der Waals surface area (Å²) in [5.74, 6) is -0.691. The molecule has 3 heterocycles. The number of ether oxygens (including phenoxy) is 1. The molecule has 2 aliphatic rings. The van der Waals surface area contributed by atoms with Gasteiger partial charge in [0.1, 0.15) is 17.2 Å². The van der Waals surface area contributed by atoms with E-state index in [1.807, 2.05) is 6.07 Å². The van der Waals surface area contributed by atoms with Crippen LogP contribution in [-0.4, -0.2) is 23.8 Å². The van der Waals surface area contributed by atoms with Gasteiger partial charge in [0.05, 0.1) is 18.9 Å². The van der Waals surface area contributed by atoms with Gasteiger partial charge in [0.25, 0.3) is 5.56 Å². The van der Waals surface area contributed by atoms with Crippen LogP contribution in [0.25, 0.3) is 0 Å². The van der Waals surface area contributed by atoms with Gasteiger partial charge < -0.3 is 9.30 Å². The highest BCUT2D eigenvalue weighted by Gasteiger charge is 2.49. The van der Waals surface area contributed by atoms with E-state index in [1.54, 1.807) is 13.0 Å². The molecule has 0 aromatic carbocycles. The smallest absolute Gasteiger partial charge is 0.328 e. The van der Waals surface area contributed by atoms with Crippen LogP contribution >= 0.6 is 11.6 Å². The second-order valence-corrected chi connectivity index (χ2v) is 7.91. The third kappa shape index (κ3) is 3.02. The summed E-state index contributed by atoms with van der Waals surface area (Å²) in [6, 6.07) is 3.50. The maximum absolute atomic E-state index is 12.8. The molecule has 0 saturated carbocycles. The van der Waals surface area contributed by atoms with Crippen molar-refractivity contribution in [3.8, 4) is 6.07 Å². The zero-order valence-electron chi connectivity index (χ0n) is 15.0. The number of nitrogens with zero attached hydrogens (tertiary/aromatic N) is 2. The third-order valence-electron chi connectivity index (χ3n) is 4.85. The fourth-order valence-corrected chi connectivity index (χ4v) is 3.99. The molecular formula is C18H21ClN2O5. The highest BCUT2D eigenvalue weighted by Crippen LogP contribution is 2.48. The minimum absolute atomic E-state index is 0.140. The Kier molecular flexibility index (Phi) is 4.86. The molecule has 140 valence electrons. The number of carbonyl (C=O) groups excluding carboxylic acids is 1. The van der Waals surface area contributed by atoms with E-state index in [1.165, 1.54) is 4.57 Å². The van der Waals surface area contributed by atoms with Crippen LogP contribution in [0.4, 0.5) is 0 Å². The number of hydrogen-bond donors (Lipinski definition) is 0. The largest absolute Gasteiger partial charge is 0.465 e. The van der Waals surface area contributed by atoms with Crippen molar-refractivity contribution in [2.24, 2.45) is 5.41 Å². The van der Waals surface area contributed by atoms with Gasteiger partial charge in [-0.25, -0.2) is 9.78 Å². The summed E-state index contributed by atoms with van der Waals surface area (Å²) in [5, 5.41) is 8.21. The van der Waals surface area contributed by atoms with Crippen molar-refractivity contribution in [1.82, 2.24) is 4.57 Å². The maximum atomic E-state index is 12.8. The number of alkyl halides is 1. The Morgan fingerprint density at radius 1 is 1.54 bits per heavy atom. The highest BCUT2D eigenvalue weighted by atomic mass is 35.5. The van der Waals surface area contributed by atoms with E-state index >= 15 is 0 Å². The van der Waals surface area contributed by atoms with E-state index in [0.29, 0.717) is 31.7 Å². The van der Waals surface area contributed by atoms with Gasteiger partial charge in [-0.1, -0.05) is 13.8 Å². The van der Waals surface area contributed by atoms with Crippen LogP contribution in [-0.2, 0) is 31.5 Å². The second-order valence-electron chi connectivity index (χ2n) is 7.47. The van der Waals surface area contributed by atoms with Crippen LogP contribution in [0, 0.1) is 16.7 Å². The number of halogens is 1. The van der Waals surface area contributed by atoms with E-state index in [0.717, 1.165) is 0 Å². The zero-order chi connectivity index (χ0) is 19.1. The molecule has 2 unspecified atom stereocenters. The summed E-state index contributed by atoms with van der Waals surface area (Å²) in [7, 11) is 0. The number of aromatic nitrogens is 1. The Balaban J connectivity index is 2.14. The van der Waals surface area contributed by atoms with Crippen LogP contribution in [0.5, 0.6) is 0 Å². The summed E-state index contributed by atoms with van der Waals surface area (Å²) in [6.45, 7) is 6.80. The van der Waals surface area contributed by atoms with Crippen molar-refractivity contribution in [2.45, 2.75) is 51.1 Å². The number of hydrogen-bond acceptors (Lipinski definition) is 6. The molecule has 8 heteroatoms. The predicted molar refractivity (Wildman–Crippen MR) is 92.4 cm³/mol. The van der Waals surface area contributed by atoms with E-state index in [4.69, 9.17) is 26.1 Å². The lowest BCUT2D eigenvalue weighted by atomic mass is 9.77. The van der Waals surface area contributed by atoms with Gasteiger partial charge in [0.2, 0.25) is 0 Å². The molecule has 1 fully saturated rings. The van der Waals surface area contributed by atoms with Crippen LogP contribution in [0.15, 0.2) is 10.9 Å². The van der Waals surface area contributed by atoms with Crippen LogP contribution in [0.2, 0.25) is 0 Å². The average molecular weight is 381 g/mol. The van der Waals surface area contributed by atoms with E-state index in [2.05, 4.69) is 13.8 Å². The first-order valence-electron chi connectivity index (χ1n) is 8.54. The van der Waals surface area contributed by atoms with E-state index in [9.17, 15) is 14.9 Å². The standard InChI is InChI=1S/C18H21ClN2O5/c1-4-24-16(23)14(19)11-7-13-18(9-17(2,3)10-25-26-18)5-6-21(13)15(22)12(11)8-20/h7,14H,4-6,9-10H2,1-3H3. The number of fused-ring (bicyclic) bond motifs is 2. The highest BCUT2D eigenvalue weighted by molar-refractivity contribution is 6.30. The first-order valence-corrected chi connectivity index (χ1v) is 8.98. The van der Waals surface area contributed by atoms with E-state index < -0.39 is 22.5 Å². The SMILES string of the molecule is CCOC(=O)C(Cl)c1cc2n(c(=O)c1C#N)CCC21CC(C)(C)COO1. The lowest BCUT2D eigenvalue weighted by Gasteiger charge is -2.41.